The summed E-state index contributed by atoms with van der Waals surface area (Å²) in [5, 5.41) is 12.4. The van der Waals surface area contributed by atoms with E-state index in [0.717, 1.165) is 62.5 Å². The molecule has 3 heterocycles. The number of nitrogens with zero attached hydrogens (tertiary/aromatic N) is 3. The van der Waals surface area contributed by atoms with E-state index in [-0.39, 0.29) is 5.82 Å². The molecule has 2 N–H and O–H groups in total. The van der Waals surface area contributed by atoms with Gasteiger partial charge in [-0.25, -0.2) is 14.8 Å². The molecule has 1 aromatic rings. The Morgan fingerprint density at radius 3 is 2.78 bits per heavy atom. The molecule has 0 atom stereocenters. The maximum Gasteiger partial charge on any atom is 0.374 e. The molecule has 2 aliphatic heterocycles. The lowest BCUT2D eigenvalue weighted by Gasteiger charge is -2.25. The molecule has 6 heteroatoms. The van der Waals surface area contributed by atoms with Crippen LogP contribution in [0.2, 0.25) is 0 Å². The van der Waals surface area contributed by atoms with Crippen LogP contribution in [0, 0.1) is 0 Å². The van der Waals surface area contributed by atoms with E-state index in [1.54, 1.807) is 0 Å². The minimum absolute atomic E-state index is 0.0717. The summed E-state index contributed by atoms with van der Waals surface area (Å²) in [6.45, 7) is 3.51. The average molecular weight is 248 g/mol. The van der Waals surface area contributed by atoms with Gasteiger partial charge < -0.3 is 15.3 Å². The summed E-state index contributed by atoms with van der Waals surface area (Å²) in [5.41, 5.74) is 1.97. The molecule has 0 aromatic carbocycles. The Labute approximate surface area is 105 Å². The second-order valence-corrected chi connectivity index (χ2v) is 4.72. The van der Waals surface area contributed by atoms with Crippen LogP contribution in [-0.4, -0.2) is 40.7 Å². The highest BCUT2D eigenvalue weighted by Gasteiger charge is 2.24. The Morgan fingerprint density at radius 1 is 1.28 bits per heavy atom. The molecular formula is C12H16N4O2. The Bertz CT molecular complexity index is 483. The predicted molar refractivity (Wildman–Crippen MR) is 65.8 cm³/mol. The number of hydrogen-bond donors (Lipinski definition) is 2. The van der Waals surface area contributed by atoms with Crippen LogP contribution in [0.15, 0.2) is 0 Å². The molecule has 1 aromatic heterocycles. The summed E-state index contributed by atoms with van der Waals surface area (Å²) in [6, 6.07) is 0. The van der Waals surface area contributed by atoms with E-state index < -0.39 is 5.97 Å². The monoisotopic (exact) mass is 248 g/mol. The van der Waals surface area contributed by atoms with Gasteiger partial charge >= 0.3 is 5.97 Å². The fourth-order valence-corrected chi connectivity index (χ4v) is 2.61. The van der Waals surface area contributed by atoms with Crippen LogP contribution in [0.4, 0.5) is 5.82 Å². The summed E-state index contributed by atoms with van der Waals surface area (Å²) in [4.78, 5) is 21.7. The summed E-state index contributed by atoms with van der Waals surface area (Å²) >= 11 is 0. The van der Waals surface area contributed by atoms with Crippen LogP contribution in [0.1, 0.15) is 34.7 Å². The zero-order chi connectivity index (χ0) is 12.5. The first-order valence-electron chi connectivity index (χ1n) is 6.34. The van der Waals surface area contributed by atoms with E-state index in [2.05, 4.69) is 20.2 Å². The third kappa shape index (κ3) is 1.92. The lowest BCUT2D eigenvalue weighted by atomic mass is 10.1. The van der Waals surface area contributed by atoms with E-state index in [1.807, 2.05) is 0 Å². The topological polar surface area (TPSA) is 78.3 Å². The fourth-order valence-electron chi connectivity index (χ4n) is 2.61. The van der Waals surface area contributed by atoms with Gasteiger partial charge in [-0.05, 0) is 12.8 Å². The minimum atomic E-state index is -1.04. The number of anilines is 1. The largest absolute Gasteiger partial charge is 0.475 e. The molecule has 0 amide bonds. The minimum Gasteiger partial charge on any atom is -0.475 e. The van der Waals surface area contributed by atoms with Crippen LogP contribution in [0.25, 0.3) is 0 Å². The van der Waals surface area contributed by atoms with Crippen molar-refractivity contribution in [3.8, 4) is 0 Å². The van der Waals surface area contributed by atoms with Crippen molar-refractivity contribution in [1.82, 2.24) is 15.3 Å². The van der Waals surface area contributed by atoms with Gasteiger partial charge in [0.15, 0.2) is 0 Å². The highest BCUT2D eigenvalue weighted by molar-refractivity contribution is 5.84. The van der Waals surface area contributed by atoms with Gasteiger partial charge in [-0.1, -0.05) is 0 Å². The SMILES string of the molecule is O=C(O)c1nc2c(c(N3CCCC3)n1)CNCC2. The molecule has 2 aliphatic rings. The number of aromatic carboxylic acids is 1. The van der Waals surface area contributed by atoms with Crippen molar-refractivity contribution in [2.24, 2.45) is 0 Å². The van der Waals surface area contributed by atoms with Crippen LogP contribution >= 0.6 is 0 Å². The standard InChI is InChI=1S/C12H16N4O2/c17-12(18)10-14-9-3-4-13-7-8(9)11(15-10)16-5-1-2-6-16/h13H,1-7H2,(H,17,18). The molecule has 0 saturated carbocycles. The number of carboxylic acids is 1. The molecule has 18 heavy (non-hydrogen) atoms. The number of carbonyl (C=O) groups is 1. The molecule has 96 valence electrons. The van der Waals surface area contributed by atoms with Crippen LogP contribution in [0.5, 0.6) is 0 Å². The van der Waals surface area contributed by atoms with Gasteiger partial charge in [0, 0.05) is 38.2 Å². The molecule has 0 unspecified atom stereocenters. The molecule has 0 aliphatic carbocycles. The van der Waals surface area contributed by atoms with Crippen molar-refractivity contribution in [3.63, 3.8) is 0 Å². The molecule has 1 saturated heterocycles. The third-order valence-electron chi connectivity index (χ3n) is 3.51. The van der Waals surface area contributed by atoms with Gasteiger partial charge in [-0.15, -0.1) is 0 Å². The zero-order valence-corrected chi connectivity index (χ0v) is 10.1. The molecule has 0 spiro atoms. The van der Waals surface area contributed by atoms with Crippen LogP contribution < -0.4 is 10.2 Å². The Hall–Kier alpha value is -1.69. The highest BCUT2D eigenvalue weighted by atomic mass is 16.4. The number of nitrogens with one attached hydrogen (secondary N) is 1. The summed E-state index contributed by atoms with van der Waals surface area (Å²) < 4.78 is 0. The molecule has 6 nitrogen and oxygen atoms in total. The lowest BCUT2D eigenvalue weighted by molar-refractivity contribution is 0.0683. The van der Waals surface area contributed by atoms with Gasteiger partial charge in [0.2, 0.25) is 5.82 Å². The summed E-state index contributed by atoms with van der Waals surface area (Å²) in [7, 11) is 0. The Morgan fingerprint density at radius 2 is 2.06 bits per heavy atom. The second kappa shape index (κ2) is 4.53. The molecule has 1 fully saturated rings. The smallest absolute Gasteiger partial charge is 0.374 e. The maximum atomic E-state index is 11.1. The fraction of sp³-hybridized carbons (Fsp3) is 0.583. The number of carboxylic acid groups (broad SMARTS) is 1. The van der Waals surface area contributed by atoms with Gasteiger partial charge in [-0.2, -0.15) is 0 Å². The number of rotatable bonds is 2. The molecule has 3 rings (SSSR count). The first-order valence-corrected chi connectivity index (χ1v) is 6.34. The zero-order valence-electron chi connectivity index (χ0n) is 10.1. The quantitative estimate of drug-likeness (QED) is 0.789. The van der Waals surface area contributed by atoms with E-state index in [9.17, 15) is 4.79 Å². The summed E-state index contributed by atoms with van der Waals surface area (Å²) in [6.07, 6.45) is 3.07. The van der Waals surface area contributed by atoms with Gasteiger partial charge in [0.25, 0.3) is 0 Å². The summed E-state index contributed by atoms with van der Waals surface area (Å²) in [5.74, 6) is -0.295. The normalized spacial score (nSPS) is 18.8. The van der Waals surface area contributed by atoms with Crippen molar-refractivity contribution in [2.45, 2.75) is 25.8 Å². The van der Waals surface area contributed by atoms with Crippen LogP contribution in [-0.2, 0) is 13.0 Å². The van der Waals surface area contributed by atoms with Crippen molar-refractivity contribution in [3.05, 3.63) is 17.1 Å². The number of hydrogen-bond acceptors (Lipinski definition) is 5. The van der Waals surface area contributed by atoms with Crippen molar-refractivity contribution < 1.29 is 9.90 Å². The van der Waals surface area contributed by atoms with E-state index in [4.69, 9.17) is 5.11 Å². The number of aromatic nitrogens is 2. The van der Waals surface area contributed by atoms with Gasteiger partial charge in [0.05, 0.1) is 5.69 Å². The average Bonchev–Trinajstić information content (AvgIpc) is 2.91. The molecular weight excluding hydrogens is 232 g/mol. The first kappa shape index (κ1) is 11.4. The van der Waals surface area contributed by atoms with E-state index >= 15 is 0 Å². The Kier molecular flexibility index (Phi) is 2.87. The van der Waals surface area contributed by atoms with E-state index in [0.29, 0.717) is 0 Å². The maximum absolute atomic E-state index is 11.1. The van der Waals surface area contributed by atoms with Crippen molar-refractivity contribution in [1.29, 1.82) is 0 Å². The first-order chi connectivity index (χ1) is 8.75. The van der Waals surface area contributed by atoms with Crippen LogP contribution in [0.3, 0.4) is 0 Å². The van der Waals surface area contributed by atoms with Crippen molar-refractivity contribution >= 4 is 11.8 Å². The van der Waals surface area contributed by atoms with Gasteiger partial charge in [-0.3, -0.25) is 0 Å². The Balaban J connectivity index is 2.08. The highest BCUT2D eigenvalue weighted by Crippen LogP contribution is 2.26. The predicted octanol–water partition coefficient (Wildman–Crippen LogP) is 0.421. The van der Waals surface area contributed by atoms with Gasteiger partial charge in [0.1, 0.15) is 5.82 Å². The number of fused-ring (bicyclic) bond motifs is 1. The third-order valence-corrected chi connectivity index (χ3v) is 3.51. The molecule has 0 bridgehead atoms. The lowest BCUT2D eigenvalue weighted by Crippen LogP contribution is -2.31. The van der Waals surface area contributed by atoms with E-state index in [1.165, 1.54) is 0 Å². The molecule has 0 radical (unpaired) electrons. The van der Waals surface area contributed by atoms with Crippen molar-refractivity contribution in [2.75, 3.05) is 24.5 Å². The second-order valence-electron chi connectivity index (χ2n) is 4.72.